The summed E-state index contributed by atoms with van der Waals surface area (Å²) < 4.78 is 63.5. The van der Waals surface area contributed by atoms with Crippen LogP contribution in [0.2, 0.25) is 0 Å². The molecule has 14 heteroatoms. The Hall–Kier alpha value is -5.60. The molecule has 3 aromatic carbocycles. The molecule has 53 heavy (non-hydrogen) atoms. The molecule has 0 saturated carbocycles. The minimum Gasteiger partial charge on any atom is -0.486 e. The molecule has 1 aromatic heterocycles. The van der Waals surface area contributed by atoms with Gasteiger partial charge in [0.2, 0.25) is 6.29 Å². The first kappa shape index (κ1) is 37.2. The van der Waals surface area contributed by atoms with E-state index >= 15 is 0 Å². The average molecular weight is 733 g/mol. The molecular formula is C39H35F3N2O9. The van der Waals surface area contributed by atoms with Gasteiger partial charge >= 0.3 is 6.18 Å². The number of aliphatic hydroxyl groups is 1. The maximum absolute atomic E-state index is 14.0. The predicted molar refractivity (Wildman–Crippen MR) is 183 cm³/mol. The van der Waals surface area contributed by atoms with Crippen LogP contribution in [-0.4, -0.2) is 71.3 Å². The van der Waals surface area contributed by atoms with Crippen molar-refractivity contribution >= 4 is 23.1 Å². The van der Waals surface area contributed by atoms with Crippen molar-refractivity contribution in [2.75, 3.05) is 26.9 Å². The zero-order valence-corrected chi connectivity index (χ0v) is 28.6. The number of hydrogen-bond acceptors (Lipinski definition) is 11. The SMILES string of the molecule is CN(Cc1ccc(C(F)(F)F)c(C(=O)CCC(=O)c2ccc3c(c2)OC(O)CO3)n1)Cc1ccccc1C(=O)CCC(=O)c1ccc2c(c1)OCCO2. The molecule has 2 aliphatic rings. The molecule has 0 amide bonds. The van der Waals surface area contributed by atoms with Gasteiger partial charge in [-0.3, -0.25) is 24.1 Å². The van der Waals surface area contributed by atoms with Crippen LogP contribution in [0.25, 0.3) is 0 Å². The number of alkyl halides is 3. The molecule has 3 heterocycles. The Bertz CT molecular complexity index is 2050. The maximum Gasteiger partial charge on any atom is 0.418 e. The monoisotopic (exact) mass is 732 g/mol. The van der Waals surface area contributed by atoms with E-state index in [1.165, 1.54) is 24.3 Å². The lowest BCUT2D eigenvalue weighted by atomic mass is 9.97. The highest BCUT2D eigenvalue weighted by Gasteiger charge is 2.36. The summed E-state index contributed by atoms with van der Waals surface area (Å²) in [6.07, 6.45) is -7.08. The molecular weight excluding hydrogens is 697 g/mol. The number of carbonyl (C=O) groups is 4. The molecule has 0 spiro atoms. The third-order valence-corrected chi connectivity index (χ3v) is 8.64. The first-order valence-electron chi connectivity index (χ1n) is 16.8. The van der Waals surface area contributed by atoms with Crippen LogP contribution in [0.3, 0.4) is 0 Å². The van der Waals surface area contributed by atoms with Gasteiger partial charge in [-0.15, -0.1) is 0 Å². The van der Waals surface area contributed by atoms with Crippen molar-refractivity contribution in [2.45, 2.75) is 51.2 Å². The highest BCUT2D eigenvalue weighted by atomic mass is 19.4. The fraction of sp³-hybridized carbons (Fsp3) is 0.308. The molecule has 0 radical (unpaired) electrons. The summed E-state index contributed by atoms with van der Waals surface area (Å²) in [5, 5.41) is 9.65. The number of rotatable bonds is 14. The zero-order chi connectivity index (χ0) is 37.7. The molecule has 1 N–H and O–H groups in total. The number of carbonyl (C=O) groups excluding carboxylic acids is 4. The summed E-state index contributed by atoms with van der Waals surface area (Å²) in [6, 6.07) is 18.0. The van der Waals surface area contributed by atoms with E-state index in [2.05, 4.69) is 4.98 Å². The van der Waals surface area contributed by atoms with Gasteiger partial charge in [-0.2, -0.15) is 13.2 Å². The highest BCUT2D eigenvalue weighted by Crippen LogP contribution is 2.35. The number of hydrogen-bond donors (Lipinski definition) is 1. The van der Waals surface area contributed by atoms with E-state index in [1.807, 2.05) is 0 Å². The lowest BCUT2D eigenvalue weighted by Crippen LogP contribution is -2.28. The van der Waals surface area contributed by atoms with Crippen LogP contribution >= 0.6 is 0 Å². The summed E-state index contributed by atoms with van der Waals surface area (Å²) in [7, 11) is 1.69. The number of pyridine rings is 1. The van der Waals surface area contributed by atoms with E-state index in [-0.39, 0.29) is 61.1 Å². The molecule has 2 aliphatic heterocycles. The van der Waals surface area contributed by atoms with Gasteiger partial charge < -0.3 is 24.1 Å². The van der Waals surface area contributed by atoms with Crippen LogP contribution in [0.5, 0.6) is 23.0 Å². The molecule has 0 bridgehead atoms. The molecule has 276 valence electrons. The van der Waals surface area contributed by atoms with Crippen molar-refractivity contribution in [1.29, 1.82) is 0 Å². The van der Waals surface area contributed by atoms with Gasteiger partial charge in [0.05, 0.1) is 11.3 Å². The second-order valence-corrected chi connectivity index (χ2v) is 12.6. The van der Waals surface area contributed by atoms with E-state index in [1.54, 1.807) is 54.4 Å². The summed E-state index contributed by atoms with van der Waals surface area (Å²) in [5.41, 5.74) is -0.235. The lowest BCUT2D eigenvalue weighted by Gasteiger charge is -2.23. The fourth-order valence-corrected chi connectivity index (χ4v) is 6.03. The minimum atomic E-state index is -4.87. The average Bonchev–Trinajstić information content (AvgIpc) is 3.14. The molecule has 0 fully saturated rings. The van der Waals surface area contributed by atoms with Crippen LogP contribution in [-0.2, 0) is 19.3 Å². The Kier molecular flexibility index (Phi) is 11.2. The number of benzene rings is 3. The summed E-state index contributed by atoms with van der Waals surface area (Å²) in [4.78, 5) is 58.0. The highest BCUT2D eigenvalue weighted by molar-refractivity contribution is 6.03. The molecule has 11 nitrogen and oxygen atoms in total. The van der Waals surface area contributed by atoms with Gasteiger partial charge in [-0.05, 0) is 61.1 Å². The number of ether oxygens (including phenoxy) is 4. The zero-order valence-electron chi connectivity index (χ0n) is 28.6. The van der Waals surface area contributed by atoms with Crippen molar-refractivity contribution < 1.29 is 56.4 Å². The summed E-state index contributed by atoms with van der Waals surface area (Å²) >= 11 is 0. The Morgan fingerprint density at radius 2 is 1.34 bits per heavy atom. The third kappa shape index (κ3) is 9.07. The summed E-state index contributed by atoms with van der Waals surface area (Å²) in [5.74, 6) is -0.457. The van der Waals surface area contributed by atoms with E-state index in [0.717, 1.165) is 6.07 Å². The Morgan fingerprint density at radius 1 is 0.736 bits per heavy atom. The molecule has 4 aromatic rings. The van der Waals surface area contributed by atoms with E-state index in [0.29, 0.717) is 47.2 Å². The number of aliphatic hydroxyl groups excluding tert-OH is 1. The predicted octanol–water partition coefficient (Wildman–Crippen LogP) is 6.28. The third-order valence-electron chi connectivity index (χ3n) is 8.64. The Balaban J connectivity index is 1.09. The van der Waals surface area contributed by atoms with Crippen LogP contribution in [0.15, 0.2) is 72.8 Å². The van der Waals surface area contributed by atoms with E-state index in [4.69, 9.17) is 18.9 Å². The van der Waals surface area contributed by atoms with Crippen LogP contribution in [0.1, 0.15) is 84.1 Å². The lowest BCUT2D eigenvalue weighted by molar-refractivity contribution is -0.138. The smallest absolute Gasteiger partial charge is 0.418 e. The number of fused-ring (bicyclic) bond motifs is 2. The number of halogens is 3. The van der Waals surface area contributed by atoms with Gasteiger partial charge in [0.25, 0.3) is 0 Å². The fourth-order valence-electron chi connectivity index (χ4n) is 6.03. The van der Waals surface area contributed by atoms with Crippen molar-refractivity contribution in [2.24, 2.45) is 0 Å². The van der Waals surface area contributed by atoms with Crippen LogP contribution in [0.4, 0.5) is 13.2 Å². The number of aromatic nitrogens is 1. The first-order valence-corrected chi connectivity index (χ1v) is 16.8. The number of nitrogens with zero attached hydrogens (tertiary/aromatic N) is 2. The normalized spacial score (nSPS) is 14.9. The van der Waals surface area contributed by atoms with Crippen molar-refractivity contribution in [3.05, 3.63) is 112 Å². The number of ketones is 4. The van der Waals surface area contributed by atoms with Gasteiger partial charge in [-0.1, -0.05) is 24.3 Å². The van der Waals surface area contributed by atoms with Crippen molar-refractivity contribution in [3.63, 3.8) is 0 Å². The standard InChI is InChI=1S/C39H35F3N2O9/c1-44(20-25-4-2-3-5-27(25)31(47)12-10-29(45)23-6-14-33-35(18-23)51-17-16-50-33)21-26-8-9-28(39(40,41)42)38(43-26)32(48)13-11-30(46)24-7-15-34-36(19-24)53-37(49)22-52-34/h2-9,14-15,18-19,37,49H,10-13,16-17,20-22H2,1H3. The minimum absolute atomic E-state index is 0.0264. The van der Waals surface area contributed by atoms with E-state index < -0.39 is 48.1 Å². The Labute approximate surface area is 302 Å². The van der Waals surface area contributed by atoms with Crippen molar-refractivity contribution in [1.82, 2.24) is 9.88 Å². The molecule has 1 unspecified atom stereocenters. The Morgan fingerprint density at radius 3 is 2.04 bits per heavy atom. The molecule has 0 aliphatic carbocycles. The van der Waals surface area contributed by atoms with Crippen LogP contribution < -0.4 is 18.9 Å². The molecule has 6 rings (SSSR count). The van der Waals surface area contributed by atoms with Gasteiger partial charge in [-0.25, -0.2) is 4.98 Å². The molecule has 1 atom stereocenters. The second-order valence-electron chi connectivity index (χ2n) is 12.6. The van der Waals surface area contributed by atoms with Gasteiger partial charge in [0.15, 0.2) is 52.7 Å². The van der Waals surface area contributed by atoms with Crippen LogP contribution in [0, 0.1) is 0 Å². The van der Waals surface area contributed by atoms with Crippen molar-refractivity contribution in [3.8, 4) is 23.0 Å². The largest absolute Gasteiger partial charge is 0.486 e. The van der Waals surface area contributed by atoms with E-state index in [9.17, 15) is 37.5 Å². The summed E-state index contributed by atoms with van der Waals surface area (Å²) in [6.45, 7) is 0.964. The topological polar surface area (TPSA) is 142 Å². The number of Topliss-reactive ketones (excluding diaryl/α,β-unsaturated/α-hetero) is 4. The maximum atomic E-state index is 14.0. The quantitative estimate of drug-likeness (QED) is 0.146. The molecule has 0 saturated heterocycles. The first-order chi connectivity index (χ1) is 25.4. The van der Waals surface area contributed by atoms with Gasteiger partial charge in [0.1, 0.15) is 18.9 Å². The van der Waals surface area contributed by atoms with Gasteiger partial charge in [0, 0.05) is 55.5 Å². The second kappa shape index (κ2) is 16.0.